The summed E-state index contributed by atoms with van der Waals surface area (Å²) in [6.07, 6.45) is 4.62. The second-order valence-electron chi connectivity index (χ2n) is 5.54. The maximum absolute atomic E-state index is 4.44. The van der Waals surface area contributed by atoms with Crippen molar-refractivity contribution in [2.24, 2.45) is 5.92 Å². The molecule has 0 amide bonds. The minimum atomic E-state index is 0.253. The number of nitrogens with zero attached hydrogens (tertiary/aromatic N) is 3. The lowest BCUT2D eigenvalue weighted by atomic mass is 10.0. The van der Waals surface area contributed by atoms with Gasteiger partial charge < -0.3 is 5.32 Å². The van der Waals surface area contributed by atoms with E-state index in [-0.39, 0.29) is 6.04 Å². The Morgan fingerprint density at radius 2 is 2.05 bits per heavy atom. The first kappa shape index (κ1) is 16.0. The summed E-state index contributed by atoms with van der Waals surface area (Å²) in [5, 5.41) is 7.77. The molecule has 114 valence electrons. The molecular formula is C16H24N4S. The van der Waals surface area contributed by atoms with Gasteiger partial charge in [0.05, 0.1) is 0 Å². The summed E-state index contributed by atoms with van der Waals surface area (Å²) in [6.45, 7) is 5.31. The molecule has 1 atom stereocenters. The Morgan fingerprint density at radius 1 is 1.29 bits per heavy atom. The highest BCUT2D eigenvalue weighted by Gasteiger charge is 2.17. The predicted molar refractivity (Wildman–Crippen MR) is 88.6 cm³/mol. The topological polar surface area (TPSA) is 42.7 Å². The van der Waals surface area contributed by atoms with Crippen LogP contribution < -0.4 is 5.32 Å². The van der Waals surface area contributed by atoms with Gasteiger partial charge >= 0.3 is 0 Å². The predicted octanol–water partition coefficient (Wildman–Crippen LogP) is 3.16. The lowest BCUT2D eigenvalue weighted by molar-refractivity contribution is 0.450. The average Bonchev–Trinajstić information content (AvgIpc) is 2.91. The Hall–Kier alpha value is -1.33. The average molecular weight is 304 g/mol. The lowest BCUT2D eigenvalue weighted by Gasteiger charge is -2.19. The van der Waals surface area contributed by atoms with E-state index in [0.717, 1.165) is 18.8 Å². The Morgan fingerprint density at radius 3 is 2.71 bits per heavy atom. The summed E-state index contributed by atoms with van der Waals surface area (Å²) >= 11 is 1.78. The van der Waals surface area contributed by atoms with E-state index in [0.29, 0.717) is 5.92 Å². The molecule has 1 unspecified atom stereocenters. The largest absolute Gasteiger partial charge is 0.313 e. The van der Waals surface area contributed by atoms with Crippen LogP contribution in [0, 0.1) is 5.92 Å². The van der Waals surface area contributed by atoms with Crippen LogP contribution in [0.1, 0.15) is 31.3 Å². The molecule has 1 aromatic carbocycles. The van der Waals surface area contributed by atoms with Gasteiger partial charge in [0.15, 0.2) is 0 Å². The van der Waals surface area contributed by atoms with Crippen LogP contribution in [0.3, 0.4) is 0 Å². The molecular weight excluding hydrogens is 280 g/mol. The number of rotatable bonds is 7. The summed E-state index contributed by atoms with van der Waals surface area (Å²) in [5.74, 6) is 1.61. The molecule has 0 saturated carbocycles. The third-order valence-electron chi connectivity index (χ3n) is 3.48. The van der Waals surface area contributed by atoms with Gasteiger partial charge in [-0.1, -0.05) is 32.0 Å². The highest BCUT2D eigenvalue weighted by Crippen LogP contribution is 2.27. The molecule has 1 aromatic heterocycles. The summed E-state index contributed by atoms with van der Waals surface area (Å²) in [6, 6.07) is 8.80. The first-order valence-electron chi connectivity index (χ1n) is 7.32. The normalized spacial score (nSPS) is 12.8. The molecule has 4 nitrogen and oxygen atoms in total. The standard InChI is InChI=1S/C16H24N4S/c1-12(2)10-20-16(18-11-19-20)9-14(17-3)13-7-5-6-8-15(13)21-4/h5-8,11-12,14,17H,9-10H2,1-4H3. The van der Waals surface area contributed by atoms with Crippen LogP contribution in [-0.2, 0) is 13.0 Å². The molecule has 5 heteroatoms. The second kappa shape index (κ2) is 7.61. The number of aromatic nitrogens is 3. The van der Waals surface area contributed by atoms with Crippen molar-refractivity contribution in [2.75, 3.05) is 13.3 Å². The van der Waals surface area contributed by atoms with Crippen molar-refractivity contribution in [3.8, 4) is 0 Å². The van der Waals surface area contributed by atoms with Crippen LogP contribution in [0.25, 0.3) is 0 Å². The number of likely N-dealkylation sites (N-methyl/N-ethyl adjacent to an activating group) is 1. The van der Waals surface area contributed by atoms with E-state index in [4.69, 9.17) is 0 Å². The first-order chi connectivity index (χ1) is 10.2. The molecule has 0 saturated heterocycles. The first-order valence-corrected chi connectivity index (χ1v) is 8.55. The summed E-state index contributed by atoms with van der Waals surface area (Å²) in [7, 11) is 2.00. The Bertz CT molecular complexity index is 565. The second-order valence-corrected chi connectivity index (χ2v) is 6.39. The van der Waals surface area contributed by atoms with E-state index in [9.17, 15) is 0 Å². The maximum atomic E-state index is 4.44. The molecule has 0 aliphatic carbocycles. The Balaban J connectivity index is 2.21. The highest BCUT2D eigenvalue weighted by atomic mass is 32.2. The van der Waals surface area contributed by atoms with Gasteiger partial charge in [-0.2, -0.15) is 5.10 Å². The van der Waals surface area contributed by atoms with E-state index >= 15 is 0 Å². The van der Waals surface area contributed by atoms with Crippen LogP contribution in [0.5, 0.6) is 0 Å². The Kier molecular flexibility index (Phi) is 5.82. The molecule has 0 aliphatic rings. The molecule has 0 radical (unpaired) electrons. The van der Waals surface area contributed by atoms with Crippen LogP contribution in [0.15, 0.2) is 35.5 Å². The van der Waals surface area contributed by atoms with Gasteiger partial charge in [0.2, 0.25) is 0 Å². The zero-order valence-electron chi connectivity index (χ0n) is 13.2. The van der Waals surface area contributed by atoms with Crippen molar-refractivity contribution in [3.63, 3.8) is 0 Å². The summed E-state index contributed by atoms with van der Waals surface area (Å²) < 4.78 is 2.02. The Labute approximate surface area is 131 Å². The molecule has 1 N–H and O–H groups in total. The number of hydrogen-bond acceptors (Lipinski definition) is 4. The van der Waals surface area contributed by atoms with E-state index in [1.807, 2.05) is 11.7 Å². The SMILES string of the molecule is CNC(Cc1ncnn1CC(C)C)c1ccccc1SC. The fraction of sp³-hybridized carbons (Fsp3) is 0.500. The van der Waals surface area contributed by atoms with Gasteiger partial charge in [-0.3, -0.25) is 0 Å². The lowest BCUT2D eigenvalue weighted by Crippen LogP contribution is -2.22. The van der Waals surface area contributed by atoms with E-state index in [1.165, 1.54) is 10.5 Å². The molecule has 0 bridgehead atoms. The molecule has 0 spiro atoms. The third-order valence-corrected chi connectivity index (χ3v) is 4.29. The van der Waals surface area contributed by atoms with Crippen LogP contribution in [0.2, 0.25) is 0 Å². The summed E-state index contributed by atoms with van der Waals surface area (Å²) in [4.78, 5) is 5.75. The third kappa shape index (κ3) is 4.08. The van der Waals surface area contributed by atoms with E-state index < -0.39 is 0 Å². The van der Waals surface area contributed by atoms with Gasteiger partial charge in [-0.05, 0) is 30.9 Å². The van der Waals surface area contributed by atoms with Gasteiger partial charge in [-0.25, -0.2) is 9.67 Å². The number of benzene rings is 1. The minimum Gasteiger partial charge on any atom is -0.313 e. The molecule has 2 aromatic rings. The van der Waals surface area contributed by atoms with Gasteiger partial charge in [0, 0.05) is 23.9 Å². The van der Waals surface area contributed by atoms with Crippen LogP contribution >= 0.6 is 11.8 Å². The van der Waals surface area contributed by atoms with Crippen molar-refractivity contribution in [1.29, 1.82) is 0 Å². The zero-order chi connectivity index (χ0) is 15.2. The molecule has 2 rings (SSSR count). The highest BCUT2D eigenvalue weighted by molar-refractivity contribution is 7.98. The molecule has 21 heavy (non-hydrogen) atoms. The number of nitrogens with one attached hydrogen (secondary N) is 1. The fourth-order valence-corrected chi connectivity index (χ4v) is 3.11. The van der Waals surface area contributed by atoms with Gasteiger partial charge in [0.1, 0.15) is 12.2 Å². The van der Waals surface area contributed by atoms with Gasteiger partial charge in [-0.15, -0.1) is 11.8 Å². The summed E-state index contributed by atoms with van der Waals surface area (Å²) in [5.41, 5.74) is 1.33. The molecule has 0 aliphatic heterocycles. The maximum Gasteiger partial charge on any atom is 0.138 e. The molecule has 0 fully saturated rings. The van der Waals surface area contributed by atoms with Crippen LogP contribution in [0.4, 0.5) is 0 Å². The van der Waals surface area contributed by atoms with Crippen molar-refractivity contribution in [2.45, 2.75) is 37.8 Å². The van der Waals surface area contributed by atoms with E-state index in [2.05, 4.69) is 59.8 Å². The fourth-order valence-electron chi connectivity index (χ4n) is 2.45. The quantitative estimate of drug-likeness (QED) is 0.798. The molecule has 1 heterocycles. The van der Waals surface area contributed by atoms with Crippen molar-refractivity contribution in [1.82, 2.24) is 20.1 Å². The van der Waals surface area contributed by atoms with Crippen LogP contribution in [-0.4, -0.2) is 28.1 Å². The van der Waals surface area contributed by atoms with Crippen molar-refractivity contribution >= 4 is 11.8 Å². The van der Waals surface area contributed by atoms with Crippen molar-refractivity contribution < 1.29 is 0 Å². The monoisotopic (exact) mass is 304 g/mol. The number of hydrogen-bond donors (Lipinski definition) is 1. The smallest absolute Gasteiger partial charge is 0.138 e. The zero-order valence-corrected chi connectivity index (χ0v) is 14.0. The number of thioether (sulfide) groups is 1. The van der Waals surface area contributed by atoms with Gasteiger partial charge in [0.25, 0.3) is 0 Å². The van der Waals surface area contributed by atoms with E-state index in [1.54, 1.807) is 18.1 Å². The van der Waals surface area contributed by atoms with Crippen molar-refractivity contribution in [3.05, 3.63) is 42.0 Å². The minimum absolute atomic E-state index is 0.253.